The van der Waals surface area contributed by atoms with Crippen LogP contribution in [-0.2, 0) is 4.74 Å². The fourth-order valence-corrected chi connectivity index (χ4v) is 2.68. The number of Topliss-reactive ketones (excluding diaryl/α,β-unsaturated/α-hetero) is 1. The van der Waals surface area contributed by atoms with Crippen LogP contribution in [0.1, 0.15) is 69.2 Å². The average molecular weight is 338 g/mol. The van der Waals surface area contributed by atoms with Crippen LogP contribution in [0.3, 0.4) is 0 Å². The third-order valence-electron chi connectivity index (χ3n) is 4.91. The summed E-state index contributed by atoms with van der Waals surface area (Å²) < 4.78 is 5.19. The molecule has 2 aromatic rings. The normalized spacial score (nSPS) is 11.9. The van der Waals surface area contributed by atoms with Gasteiger partial charge in [0.2, 0.25) is 0 Å². The molecule has 0 saturated carbocycles. The molecule has 0 bridgehead atoms. The Balaban J connectivity index is 2.01. The van der Waals surface area contributed by atoms with E-state index in [9.17, 15) is 9.59 Å². The molecule has 2 rings (SSSR count). The van der Waals surface area contributed by atoms with Crippen molar-refractivity contribution >= 4 is 11.8 Å². The van der Waals surface area contributed by atoms with E-state index in [-0.39, 0.29) is 12.4 Å². The molecular formula is C22H26O3. The summed E-state index contributed by atoms with van der Waals surface area (Å²) in [7, 11) is 0. The lowest BCUT2D eigenvalue weighted by Crippen LogP contribution is -2.15. The van der Waals surface area contributed by atoms with E-state index in [1.807, 2.05) is 45.0 Å². The van der Waals surface area contributed by atoms with Crippen LogP contribution in [0.4, 0.5) is 0 Å². The Morgan fingerprint density at radius 2 is 1.52 bits per heavy atom. The third-order valence-corrected chi connectivity index (χ3v) is 4.91. The monoisotopic (exact) mass is 338 g/mol. The third kappa shape index (κ3) is 4.56. The van der Waals surface area contributed by atoms with Crippen molar-refractivity contribution in [2.75, 3.05) is 6.61 Å². The van der Waals surface area contributed by atoms with Gasteiger partial charge in [-0.2, -0.15) is 0 Å². The van der Waals surface area contributed by atoms with Gasteiger partial charge in [0, 0.05) is 5.56 Å². The standard InChI is InChI=1S/C22H26O3/c1-6-14(2)18-7-9-19(10-8-18)22(24)25-13-21(23)20-11-15(3)17(5)16(4)12-20/h7-12,14H,6,13H2,1-5H3. The van der Waals surface area contributed by atoms with Crippen LogP contribution in [0.25, 0.3) is 0 Å². The maximum atomic E-state index is 12.3. The number of hydrogen-bond acceptors (Lipinski definition) is 3. The first-order valence-electron chi connectivity index (χ1n) is 8.71. The quantitative estimate of drug-likeness (QED) is 0.539. The van der Waals surface area contributed by atoms with Gasteiger partial charge < -0.3 is 4.74 Å². The number of ether oxygens (including phenoxy) is 1. The molecule has 0 radical (unpaired) electrons. The first-order valence-corrected chi connectivity index (χ1v) is 8.71. The molecule has 0 heterocycles. The summed E-state index contributed by atoms with van der Waals surface area (Å²) in [5.74, 6) is -0.194. The van der Waals surface area contributed by atoms with Gasteiger partial charge in [0.25, 0.3) is 0 Å². The Morgan fingerprint density at radius 3 is 2.04 bits per heavy atom. The zero-order valence-corrected chi connectivity index (χ0v) is 15.7. The van der Waals surface area contributed by atoms with E-state index in [0.29, 0.717) is 17.0 Å². The number of hydrogen-bond donors (Lipinski definition) is 0. The van der Waals surface area contributed by atoms with Gasteiger partial charge in [-0.1, -0.05) is 26.0 Å². The van der Waals surface area contributed by atoms with Crippen molar-refractivity contribution in [2.24, 2.45) is 0 Å². The minimum atomic E-state index is -0.468. The van der Waals surface area contributed by atoms with Gasteiger partial charge in [-0.15, -0.1) is 0 Å². The van der Waals surface area contributed by atoms with Gasteiger partial charge in [-0.3, -0.25) is 4.79 Å². The van der Waals surface area contributed by atoms with Crippen LogP contribution in [0, 0.1) is 20.8 Å². The molecule has 0 aliphatic heterocycles. The Morgan fingerprint density at radius 1 is 0.960 bits per heavy atom. The number of aryl methyl sites for hydroxylation is 2. The summed E-state index contributed by atoms with van der Waals surface area (Å²) in [5, 5.41) is 0. The lowest BCUT2D eigenvalue weighted by molar-refractivity contribution is 0.0474. The van der Waals surface area contributed by atoms with Crippen molar-refractivity contribution in [2.45, 2.75) is 47.0 Å². The molecule has 0 aromatic heterocycles. The average Bonchev–Trinajstić information content (AvgIpc) is 2.62. The van der Waals surface area contributed by atoms with E-state index in [4.69, 9.17) is 4.74 Å². The summed E-state index contributed by atoms with van der Waals surface area (Å²) in [6, 6.07) is 11.1. The second-order valence-corrected chi connectivity index (χ2v) is 6.67. The second kappa shape index (κ2) is 8.11. The minimum Gasteiger partial charge on any atom is -0.454 e. The van der Waals surface area contributed by atoms with Gasteiger partial charge >= 0.3 is 5.97 Å². The number of ketones is 1. The van der Waals surface area contributed by atoms with Crippen molar-refractivity contribution in [3.63, 3.8) is 0 Å². The van der Waals surface area contributed by atoms with Crippen molar-refractivity contribution < 1.29 is 14.3 Å². The second-order valence-electron chi connectivity index (χ2n) is 6.67. The highest BCUT2D eigenvalue weighted by Gasteiger charge is 2.14. The van der Waals surface area contributed by atoms with E-state index in [0.717, 1.165) is 17.5 Å². The first-order chi connectivity index (χ1) is 11.8. The molecule has 0 aliphatic rings. The zero-order valence-electron chi connectivity index (χ0n) is 15.7. The molecule has 1 atom stereocenters. The number of carbonyl (C=O) groups excluding carboxylic acids is 2. The largest absolute Gasteiger partial charge is 0.454 e. The Kier molecular flexibility index (Phi) is 6.13. The highest BCUT2D eigenvalue weighted by molar-refractivity contribution is 5.99. The van der Waals surface area contributed by atoms with Crippen LogP contribution in [-0.4, -0.2) is 18.4 Å². The SMILES string of the molecule is CCC(C)c1ccc(C(=O)OCC(=O)c2cc(C)c(C)c(C)c2)cc1. The van der Waals surface area contributed by atoms with Crippen molar-refractivity contribution in [3.8, 4) is 0 Å². The minimum absolute atomic E-state index is 0.184. The van der Waals surface area contributed by atoms with Gasteiger partial charge in [0.1, 0.15) is 0 Å². The number of carbonyl (C=O) groups is 2. The van der Waals surface area contributed by atoms with Crippen LogP contribution < -0.4 is 0 Å². The van der Waals surface area contributed by atoms with Gasteiger partial charge in [-0.05, 0) is 79.6 Å². The predicted molar refractivity (Wildman–Crippen MR) is 100 cm³/mol. The molecule has 0 spiro atoms. The molecule has 3 nitrogen and oxygen atoms in total. The zero-order chi connectivity index (χ0) is 18.6. The molecule has 2 aromatic carbocycles. The van der Waals surface area contributed by atoms with Crippen LogP contribution in [0.5, 0.6) is 0 Å². The van der Waals surface area contributed by atoms with Crippen molar-refractivity contribution in [1.82, 2.24) is 0 Å². The molecule has 3 heteroatoms. The molecule has 0 saturated heterocycles. The first kappa shape index (κ1) is 18.9. The fourth-order valence-electron chi connectivity index (χ4n) is 2.68. The van der Waals surface area contributed by atoms with Crippen molar-refractivity contribution in [1.29, 1.82) is 0 Å². The van der Waals surface area contributed by atoms with E-state index in [1.165, 1.54) is 11.1 Å². The number of benzene rings is 2. The molecule has 0 N–H and O–H groups in total. The molecule has 0 fully saturated rings. The Labute approximate surface area is 150 Å². The van der Waals surface area contributed by atoms with Crippen LogP contribution >= 0.6 is 0 Å². The van der Waals surface area contributed by atoms with Gasteiger partial charge in [0.15, 0.2) is 12.4 Å². The maximum Gasteiger partial charge on any atom is 0.338 e. The number of esters is 1. The van der Waals surface area contributed by atoms with Gasteiger partial charge in [-0.25, -0.2) is 4.79 Å². The van der Waals surface area contributed by atoms with E-state index in [1.54, 1.807) is 12.1 Å². The fraction of sp³-hybridized carbons (Fsp3) is 0.364. The highest BCUT2D eigenvalue weighted by Crippen LogP contribution is 2.19. The molecular weight excluding hydrogens is 312 g/mol. The summed E-state index contributed by atoms with van der Waals surface area (Å²) in [4.78, 5) is 24.4. The molecule has 132 valence electrons. The van der Waals surface area contributed by atoms with Crippen LogP contribution in [0.15, 0.2) is 36.4 Å². The lowest BCUT2D eigenvalue weighted by Gasteiger charge is -2.10. The maximum absolute atomic E-state index is 12.3. The Bertz CT molecular complexity index is 749. The highest BCUT2D eigenvalue weighted by atomic mass is 16.5. The lowest BCUT2D eigenvalue weighted by atomic mass is 9.98. The smallest absolute Gasteiger partial charge is 0.338 e. The summed E-state index contributed by atoms with van der Waals surface area (Å²) >= 11 is 0. The molecule has 25 heavy (non-hydrogen) atoms. The molecule has 0 amide bonds. The summed E-state index contributed by atoms with van der Waals surface area (Å²) in [6.45, 7) is 10.0. The Hall–Kier alpha value is -2.42. The summed E-state index contributed by atoms with van der Waals surface area (Å²) in [5.41, 5.74) is 5.55. The molecule has 1 unspecified atom stereocenters. The van der Waals surface area contributed by atoms with E-state index in [2.05, 4.69) is 13.8 Å². The van der Waals surface area contributed by atoms with E-state index >= 15 is 0 Å². The summed E-state index contributed by atoms with van der Waals surface area (Å²) in [6.07, 6.45) is 1.05. The van der Waals surface area contributed by atoms with Gasteiger partial charge in [0.05, 0.1) is 5.56 Å². The topological polar surface area (TPSA) is 43.4 Å². The number of rotatable bonds is 6. The molecule has 0 aliphatic carbocycles. The van der Waals surface area contributed by atoms with Crippen LogP contribution in [0.2, 0.25) is 0 Å². The predicted octanol–water partition coefficient (Wildman–Crippen LogP) is 5.17. The van der Waals surface area contributed by atoms with Crippen molar-refractivity contribution in [3.05, 3.63) is 69.8 Å². The van der Waals surface area contributed by atoms with E-state index < -0.39 is 5.97 Å².